The van der Waals surface area contributed by atoms with Crippen molar-refractivity contribution in [2.45, 2.75) is 32.3 Å². The summed E-state index contributed by atoms with van der Waals surface area (Å²) in [5.41, 5.74) is 7.87. The number of ether oxygens (including phenoxy) is 1. The van der Waals surface area contributed by atoms with E-state index in [1.807, 2.05) is 18.2 Å². The molecular formula is C12H19NO. The molecular weight excluding hydrogens is 174 g/mol. The topological polar surface area (TPSA) is 35.2 Å². The van der Waals surface area contributed by atoms with Crippen molar-refractivity contribution in [3.05, 3.63) is 29.8 Å². The number of hydrogen-bond donors (Lipinski definition) is 1. The molecule has 1 rings (SSSR count). The van der Waals surface area contributed by atoms with Crippen LogP contribution in [0.2, 0.25) is 0 Å². The minimum absolute atomic E-state index is 0.0555. The Morgan fingerprint density at radius 3 is 2.36 bits per heavy atom. The van der Waals surface area contributed by atoms with Gasteiger partial charge in [0.05, 0.1) is 6.10 Å². The molecule has 1 atom stereocenters. The number of nitrogen functional groups attached to an aromatic ring is 1. The molecule has 0 aliphatic rings. The van der Waals surface area contributed by atoms with Gasteiger partial charge >= 0.3 is 0 Å². The van der Waals surface area contributed by atoms with E-state index < -0.39 is 0 Å². The molecule has 1 aromatic carbocycles. The number of benzene rings is 1. The molecule has 0 heterocycles. The predicted octanol–water partition coefficient (Wildman–Crippen LogP) is 2.58. The van der Waals surface area contributed by atoms with Gasteiger partial charge in [0.1, 0.15) is 0 Å². The summed E-state index contributed by atoms with van der Waals surface area (Å²) in [5.74, 6) is 0. The van der Waals surface area contributed by atoms with Gasteiger partial charge in [-0.3, -0.25) is 0 Å². The maximum absolute atomic E-state index is 5.94. The van der Waals surface area contributed by atoms with E-state index in [0.717, 1.165) is 11.3 Å². The second kappa shape index (κ2) is 4.01. The Kier molecular flexibility index (Phi) is 3.17. The van der Waals surface area contributed by atoms with Crippen molar-refractivity contribution >= 4 is 5.69 Å². The minimum atomic E-state index is -0.0555. The smallest absolute Gasteiger partial charge is 0.0635 e. The first kappa shape index (κ1) is 11.1. The van der Waals surface area contributed by atoms with Gasteiger partial charge in [-0.1, -0.05) is 32.0 Å². The molecule has 2 heteroatoms. The van der Waals surface area contributed by atoms with Crippen LogP contribution in [0.4, 0.5) is 5.69 Å². The number of nitrogens with two attached hydrogens (primary N) is 1. The normalized spacial score (nSPS) is 14.0. The summed E-state index contributed by atoms with van der Waals surface area (Å²) in [6.07, 6.45) is 0.146. The molecule has 0 fully saturated rings. The molecule has 2 N–H and O–H groups in total. The van der Waals surface area contributed by atoms with Crippen molar-refractivity contribution in [1.29, 1.82) is 0 Å². The summed E-state index contributed by atoms with van der Waals surface area (Å²) in [4.78, 5) is 0. The summed E-state index contributed by atoms with van der Waals surface area (Å²) >= 11 is 0. The van der Waals surface area contributed by atoms with E-state index in [1.54, 1.807) is 7.11 Å². The zero-order valence-corrected chi connectivity index (χ0v) is 9.37. The maximum atomic E-state index is 5.94. The molecule has 0 aromatic heterocycles. The van der Waals surface area contributed by atoms with Crippen molar-refractivity contribution in [2.24, 2.45) is 0 Å². The largest absolute Gasteiger partial charge is 0.398 e. The summed E-state index contributed by atoms with van der Waals surface area (Å²) in [7, 11) is 1.73. The molecule has 14 heavy (non-hydrogen) atoms. The van der Waals surface area contributed by atoms with Gasteiger partial charge in [0.25, 0.3) is 0 Å². The lowest BCUT2D eigenvalue weighted by Gasteiger charge is -2.32. The van der Waals surface area contributed by atoms with Crippen LogP contribution in [-0.4, -0.2) is 13.2 Å². The van der Waals surface area contributed by atoms with Crippen molar-refractivity contribution in [3.63, 3.8) is 0 Å². The van der Waals surface area contributed by atoms with E-state index >= 15 is 0 Å². The standard InChI is InChI=1S/C12H19NO/c1-9(14-4)12(2,3)10-7-5-6-8-11(10)13/h5-9H,13H2,1-4H3. The number of rotatable bonds is 3. The van der Waals surface area contributed by atoms with Gasteiger partial charge in [0, 0.05) is 18.2 Å². The maximum Gasteiger partial charge on any atom is 0.0635 e. The fourth-order valence-corrected chi connectivity index (χ4v) is 1.60. The quantitative estimate of drug-likeness (QED) is 0.749. The van der Waals surface area contributed by atoms with E-state index in [0.29, 0.717) is 0 Å². The lowest BCUT2D eigenvalue weighted by atomic mass is 9.79. The molecule has 0 spiro atoms. The van der Waals surface area contributed by atoms with Crippen LogP contribution in [0.15, 0.2) is 24.3 Å². The molecule has 0 saturated carbocycles. The van der Waals surface area contributed by atoms with Crippen LogP contribution in [0.1, 0.15) is 26.3 Å². The third-order valence-corrected chi connectivity index (χ3v) is 3.02. The average Bonchev–Trinajstić information content (AvgIpc) is 2.17. The number of anilines is 1. The number of para-hydroxylation sites is 1. The SMILES string of the molecule is COC(C)C(C)(C)c1ccccc1N. The van der Waals surface area contributed by atoms with Crippen LogP contribution < -0.4 is 5.73 Å². The van der Waals surface area contributed by atoms with Crippen LogP contribution in [0.25, 0.3) is 0 Å². The Bertz CT molecular complexity index is 307. The Labute approximate surface area is 86.1 Å². The zero-order chi connectivity index (χ0) is 10.8. The molecule has 0 radical (unpaired) electrons. The van der Waals surface area contributed by atoms with Gasteiger partial charge in [-0.2, -0.15) is 0 Å². The van der Waals surface area contributed by atoms with Crippen LogP contribution in [-0.2, 0) is 10.2 Å². The fraction of sp³-hybridized carbons (Fsp3) is 0.500. The van der Waals surface area contributed by atoms with Gasteiger partial charge in [0.15, 0.2) is 0 Å². The minimum Gasteiger partial charge on any atom is -0.398 e. The molecule has 0 aliphatic carbocycles. The van der Waals surface area contributed by atoms with Crippen LogP contribution in [0, 0.1) is 0 Å². The zero-order valence-electron chi connectivity index (χ0n) is 9.37. The highest BCUT2D eigenvalue weighted by atomic mass is 16.5. The monoisotopic (exact) mass is 193 g/mol. The molecule has 2 nitrogen and oxygen atoms in total. The van der Waals surface area contributed by atoms with E-state index in [2.05, 4.69) is 26.8 Å². The fourth-order valence-electron chi connectivity index (χ4n) is 1.60. The Hall–Kier alpha value is -1.02. The summed E-state index contributed by atoms with van der Waals surface area (Å²) in [6, 6.07) is 7.95. The summed E-state index contributed by atoms with van der Waals surface area (Å²) < 4.78 is 5.37. The molecule has 0 aliphatic heterocycles. The third kappa shape index (κ3) is 1.90. The van der Waals surface area contributed by atoms with Crippen LogP contribution in [0.5, 0.6) is 0 Å². The molecule has 0 saturated heterocycles. The van der Waals surface area contributed by atoms with E-state index in [4.69, 9.17) is 10.5 Å². The van der Waals surface area contributed by atoms with Gasteiger partial charge in [-0.05, 0) is 18.6 Å². The van der Waals surface area contributed by atoms with Crippen LogP contribution in [0.3, 0.4) is 0 Å². The number of methoxy groups -OCH3 is 1. The average molecular weight is 193 g/mol. The van der Waals surface area contributed by atoms with Crippen molar-refractivity contribution < 1.29 is 4.74 Å². The lowest BCUT2D eigenvalue weighted by Crippen LogP contribution is -2.33. The Balaban J connectivity index is 3.09. The lowest BCUT2D eigenvalue weighted by molar-refractivity contribution is 0.0610. The summed E-state index contributed by atoms with van der Waals surface area (Å²) in [6.45, 7) is 6.35. The first-order valence-electron chi connectivity index (χ1n) is 4.88. The van der Waals surface area contributed by atoms with E-state index in [1.165, 1.54) is 0 Å². The predicted molar refractivity (Wildman–Crippen MR) is 60.4 cm³/mol. The number of hydrogen-bond acceptors (Lipinski definition) is 2. The van der Waals surface area contributed by atoms with Crippen molar-refractivity contribution in [1.82, 2.24) is 0 Å². The molecule has 78 valence electrons. The third-order valence-electron chi connectivity index (χ3n) is 3.02. The highest BCUT2D eigenvalue weighted by Gasteiger charge is 2.29. The van der Waals surface area contributed by atoms with E-state index in [9.17, 15) is 0 Å². The highest BCUT2D eigenvalue weighted by Crippen LogP contribution is 2.32. The van der Waals surface area contributed by atoms with Crippen molar-refractivity contribution in [3.8, 4) is 0 Å². The van der Waals surface area contributed by atoms with Crippen LogP contribution >= 0.6 is 0 Å². The van der Waals surface area contributed by atoms with Gasteiger partial charge in [-0.25, -0.2) is 0 Å². The highest BCUT2D eigenvalue weighted by molar-refractivity contribution is 5.50. The van der Waals surface area contributed by atoms with Gasteiger partial charge in [0.2, 0.25) is 0 Å². The second-order valence-corrected chi connectivity index (χ2v) is 4.19. The molecule has 0 bridgehead atoms. The Morgan fingerprint density at radius 2 is 1.86 bits per heavy atom. The first-order valence-corrected chi connectivity index (χ1v) is 4.88. The molecule has 1 unspecified atom stereocenters. The van der Waals surface area contributed by atoms with Crippen molar-refractivity contribution in [2.75, 3.05) is 12.8 Å². The van der Waals surface area contributed by atoms with Gasteiger partial charge in [-0.15, -0.1) is 0 Å². The molecule has 0 amide bonds. The second-order valence-electron chi connectivity index (χ2n) is 4.19. The molecule has 1 aromatic rings. The first-order chi connectivity index (χ1) is 6.50. The van der Waals surface area contributed by atoms with E-state index in [-0.39, 0.29) is 11.5 Å². The summed E-state index contributed by atoms with van der Waals surface area (Å²) in [5, 5.41) is 0. The Morgan fingerprint density at radius 1 is 1.29 bits per heavy atom. The van der Waals surface area contributed by atoms with Gasteiger partial charge < -0.3 is 10.5 Å².